The maximum absolute atomic E-state index is 11.0. The summed E-state index contributed by atoms with van der Waals surface area (Å²) >= 11 is 0. The van der Waals surface area contributed by atoms with Gasteiger partial charge in [-0.1, -0.05) is 0 Å². The zero-order valence-electron chi connectivity index (χ0n) is 5.68. The summed E-state index contributed by atoms with van der Waals surface area (Å²) in [4.78, 5) is 22.0. The van der Waals surface area contributed by atoms with E-state index in [-0.39, 0.29) is 18.0 Å². The first-order chi connectivity index (χ1) is 5.29. The SMILES string of the molecule is O=C1NCNC2NNC(=O)C12. The quantitative estimate of drug-likeness (QED) is 0.286. The Morgan fingerprint density at radius 1 is 1.27 bits per heavy atom. The van der Waals surface area contributed by atoms with Gasteiger partial charge >= 0.3 is 0 Å². The van der Waals surface area contributed by atoms with Gasteiger partial charge in [-0.05, 0) is 0 Å². The van der Waals surface area contributed by atoms with Gasteiger partial charge in [-0.3, -0.25) is 20.3 Å². The minimum absolute atomic E-state index is 0.226. The van der Waals surface area contributed by atoms with E-state index in [1.165, 1.54) is 0 Å². The van der Waals surface area contributed by atoms with Gasteiger partial charge in [0.2, 0.25) is 11.8 Å². The smallest absolute Gasteiger partial charge is 0.249 e. The molecule has 0 radical (unpaired) electrons. The van der Waals surface area contributed by atoms with Gasteiger partial charge in [0.1, 0.15) is 5.92 Å². The molecule has 2 aliphatic rings. The monoisotopic (exact) mass is 156 g/mol. The van der Waals surface area contributed by atoms with Crippen LogP contribution in [-0.2, 0) is 9.59 Å². The van der Waals surface area contributed by atoms with E-state index in [0.29, 0.717) is 6.67 Å². The lowest BCUT2D eigenvalue weighted by Crippen LogP contribution is -2.57. The Hall–Kier alpha value is -1.14. The largest absolute Gasteiger partial charge is 0.343 e. The molecule has 2 heterocycles. The molecular weight excluding hydrogens is 148 g/mol. The number of hydrazine groups is 1. The zero-order chi connectivity index (χ0) is 7.84. The van der Waals surface area contributed by atoms with Gasteiger partial charge in [-0.25, -0.2) is 5.43 Å². The fourth-order valence-electron chi connectivity index (χ4n) is 1.26. The molecule has 0 spiro atoms. The molecule has 0 aromatic carbocycles. The fourth-order valence-corrected chi connectivity index (χ4v) is 1.26. The van der Waals surface area contributed by atoms with Crippen molar-refractivity contribution in [2.75, 3.05) is 6.67 Å². The molecule has 0 aromatic heterocycles. The molecule has 2 aliphatic heterocycles. The summed E-state index contributed by atoms with van der Waals surface area (Å²) in [6, 6.07) is 0. The summed E-state index contributed by atoms with van der Waals surface area (Å²) in [7, 11) is 0. The summed E-state index contributed by atoms with van der Waals surface area (Å²) in [5.74, 6) is -1.13. The van der Waals surface area contributed by atoms with Gasteiger partial charge in [0.15, 0.2) is 0 Å². The number of hydrogen-bond donors (Lipinski definition) is 4. The minimum Gasteiger partial charge on any atom is -0.343 e. The summed E-state index contributed by atoms with van der Waals surface area (Å²) in [5.41, 5.74) is 5.05. The third-order valence-electron chi connectivity index (χ3n) is 1.83. The molecule has 0 aromatic rings. The molecule has 2 amide bonds. The van der Waals surface area contributed by atoms with Crippen molar-refractivity contribution in [1.82, 2.24) is 21.5 Å². The van der Waals surface area contributed by atoms with E-state index < -0.39 is 5.92 Å². The van der Waals surface area contributed by atoms with Crippen LogP contribution in [0.5, 0.6) is 0 Å². The third kappa shape index (κ3) is 0.873. The summed E-state index contributed by atoms with van der Waals surface area (Å²) < 4.78 is 0. The number of hydrogen-bond acceptors (Lipinski definition) is 4. The number of rotatable bonds is 0. The van der Waals surface area contributed by atoms with Gasteiger partial charge in [-0.2, -0.15) is 0 Å². The Morgan fingerprint density at radius 3 is 2.82 bits per heavy atom. The standard InChI is InChI=1S/C5H8N4O2/c10-4-2-3(6-1-7-4)8-9-5(2)11/h2-3,6,8H,1H2,(H,7,10)(H,9,11). The minimum atomic E-state index is -0.622. The molecule has 0 bridgehead atoms. The second kappa shape index (κ2) is 2.18. The molecule has 2 fully saturated rings. The molecular formula is C5H8N4O2. The average molecular weight is 156 g/mol. The number of nitrogens with one attached hydrogen (secondary N) is 4. The van der Waals surface area contributed by atoms with Gasteiger partial charge in [0, 0.05) is 0 Å². The predicted octanol–water partition coefficient (Wildman–Crippen LogP) is -2.76. The van der Waals surface area contributed by atoms with Crippen LogP contribution in [0.3, 0.4) is 0 Å². The molecule has 2 saturated heterocycles. The maximum atomic E-state index is 11.0. The van der Waals surface area contributed by atoms with Crippen molar-refractivity contribution >= 4 is 11.8 Å². The van der Waals surface area contributed by atoms with Crippen LogP contribution in [0.25, 0.3) is 0 Å². The highest BCUT2D eigenvalue weighted by atomic mass is 16.2. The molecule has 6 nitrogen and oxygen atoms in total. The Kier molecular flexibility index (Phi) is 1.30. The number of carbonyl (C=O) groups is 2. The molecule has 11 heavy (non-hydrogen) atoms. The van der Waals surface area contributed by atoms with Crippen molar-refractivity contribution in [1.29, 1.82) is 0 Å². The van der Waals surface area contributed by atoms with E-state index >= 15 is 0 Å². The molecule has 6 heteroatoms. The summed E-state index contributed by atoms with van der Waals surface area (Å²) in [6.07, 6.45) is -0.253. The Morgan fingerprint density at radius 2 is 2.09 bits per heavy atom. The van der Waals surface area contributed by atoms with Crippen molar-refractivity contribution in [3.8, 4) is 0 Å². The Balaban J connectivity index is 2.21. The molecule has 4 N–H and O–H groups in total. The summed E-state index contributed by atoms with van der Waals surface area (Å²) in [6.45, 7) is 0.405. The van der Waals surface area contributed by atoms with Crippen molar-refractivity contribution in [3.05, 3.63) is 0 Å². The molecule has 0 aliphatic carbocycles. The van der Waals surface area contributed by atoms with E-state index in [0.717, 1.165) is 0 Å². The van der Waals surface area contributed by atoms with Crippen LogP contribution in [0.4, 0.5) is 0 Å². The Bertz CT molecular complexity index is 217. The van der Waals surface area contributed by atoms with Crippen LogP contribution in [0.2, 0.25) is 0 Å². The van der Waals surface area contributed by atoms with Crippen molar-refractivity contribution < 1.29 is 9.59 Å². The molecule has 0 saturated carbocycles. The van der Waals surface area contributed by atoms with Crippen molar-refractivity contribution in [2.24, 2.45) is 5.92 Å². The van der Waals surface area contributed by atoms with Crippen molar-refractivity contribution in [3.63, 3.8) is 0 Å². The van der Waals surface area contributed by atoms with Gasteiger partial charge < -0.3 is 5.32 Å². The number of amides is 2. The van der Waals surface area contributed by atoms with E-state index in [1.54, 1.807) is 0 Å². The van der Waals surface area contributed by atoms with E-state index in [1.807, 2.05) is 0 Å². The topological polar surface area (TPSA) is 82.3 Å². The lowest BCUT2D eigenvalue weighted by atomic mass is 10.1. The first kappa shape index (κ1) is 6.56. The Labute approximate surface area is 62.7 Å². The lowest BCUT2D eigenvalue weighted by Gasteiger charge is -2.23. The summed E-state index contributed by atoms with van der Waals surface area (Å²) in [5, 5.41) is 5.45. The highest BCUT2D eigenvalue weighted by Crippen LogP contribution is 2.09. The first-order valence-electron chi connectivity index (χ1n) is 3.35. The second-order valence-electron chi connectivity index (χ2n) is 2.51. The van der Waals surface area contributed by atoms with Gasteiger partial charge in [0.25, 0.3) is 0 Å². The van der Waals surface area contributed by atoms with E-state index in [4.69, 9.17) is 0 Å². The van der Waals surface area contributed by atoms with Gasteiger partial charge in [0.05, 0.1) is 12.8 Å². The van der Waals surface area contributed by atoms with Crippen LogP contribution < -0.4 is 21.5 Å². The lowest BCUT2D eigenvalue weighted by molar-refractivity contribution is -0.135. The number of fused-ring (bicyclic) bond motifs is 1. The van der Waals surface area contributed by atoms with Crippen LogP contribution in [-0.4, -0.2) is 24.6 Å². The maximum Gasteiger partial charge on any atom is 0.249 e. The third-order valence-corrected chi connectivity index (χ3v) is 1.83. The van der Waals surface area contributed by atoms with E-state index in [9.17, 15) is 9.59 Å². The zero-order valence-corrected chi connectivity index (χ0v) is 5.68. The second-order valence-corrected chi connectivity index (χ2v) is 2.51. The highest BCUT2D eigenvalue weighted by Gasteiger charge is 2.42. The van der Waals surface area contributed by atoms with Crippen LogP contribution in [0.15, 0.2) is 0 Å². The molecule has 2 unspecified atom stereocenters. The number of carbonyl (C=O) groups excluding carboxylic acids is 2. The molecule has 2 rings (SSSR count). The first-order valence-corrected chi connectivity index (χ1v) is 3.35. The average Bonchev–Trinajstić information content (AvgIpc) is 2.34. The predicted molar refractivity (Wildman–Crippen MR) is 34.7 cm³/mol. The van der Waals surface area contributed by atoms with Crippen LogP contribution in [0.1, 0.15) is 0 Å². The van der Waals surface area contributed by atoms with Crippen LogP contribution >= 0.6 is 0 Å². The highest BCUT2D eigenvalue weighted by molar-refractivity contribution is 6.02. The van der Waals surface area contributed by atoms with Gasteiger partial charge in [-0.15, -0.1) is 0 Å². The van der Waals surface area contributed by atoms with Crippen LogP contribution in [0, 0.1) is 5.92 Å². The van der Waals surface area contributed by atoms with E-state index in [2.05, 4.69) is 21.5 Å². The fraction of sp³-hybridized carbons (Fsp3) is 0.600. The molecule has 2 atom stereocenters. The molecule has 60 valence electrons. The van der Waals surface area contributed by atoms with Crippen molar-refractivity contribution in [2.45, 2.75) is 6.17 Å². The normalized spacial score (nSPS) is 36.0.